The fraction of sp³-hybridized carbons (Fsp3) is 0.133. The Morgan fingerprint density at radius 1 is 1.30 bits per heavy atom. The Kier molecular flexibility index (Phi) is 4.38. The van der Waals surface area contributed by atoms with Crippen LogP contribution in [-0.2, 0) is 0 Å². The summed E-state index contributed by atoms with van der Waals surface area (Å²) in [6.45, 7) is 1.83. The molecule has 5 heteroatoms. The number of ether oxygens (including phenoxy) is 1. The lowest BCUT2D eigenvalue weighted by Crippen LogP contribution is -2.07. The smallest absolute Gasteiger partial charge is 0.148 e. The third kappa shape index (κ3) is 2.98. The molecule has 0 fully saturated rings. The van der Waals surface area contributed by atoms with E-state index >= 15 is 0 Å². The molecule has 2 aromatic rings. The van der Waals surface area contributed by atoms with Gasteiger partial charge in [-0.2, -0.15) is 5.26 Å². The van der Waals surface area contributed by atoms with Crippen molar-refractivity contribution in [1.82, 2.24) is 0 Å². The molecule has 0 heterocycles. The number of rotatable bonds is 3. The summed E-state index contributed by atoms with van der Waals surface area (Å²) in [4.78, 5) is 0. The zero-order chi connectivity index (χ0) is 14.7. The molecule has 0 spiro atoms. The summed E-state index contributed by atoms with van der Waals surface area (Å²) in [6.07, 6.45) is 0. The molecule has 0 aliphatic heterocycles. The van der Waals surface area contributed by atoms with E-state index in [0.717, 1.165) is 10.0 Å². The normalized spacial score (nSPS) is 11.8. The monoisotopic (exact) mass is 334 g/mol. The average molecular weight is 335 g/mol. The minimum Gasteiger partial charge on any atom is -0.455 e. The van der Waals surface area contributed by atoms with Gasteiger partial charge in [0.15, 0.2) is 0 Å². The quantitative estimate of drug-likeness (QED) is 0.911. The highest BCUT2D eigenvalue weighted by atomic mass is 79.9. The van der Waals surface area contributed by atoms with Gasteiger partial charge in [0.1, 0.15) is 28.9 Å². The molecule has 0 aromatic heterocycles. The largest absolute Gasteiger partial charge is 0.455 e. The summed E-state index contributed by atoms with van der Waals surface area (Å²) in [6, 6.07) is 11.3. The molecular weight excluding hydrogens is 323 g/mol. The predicted molar refractivity (Wildman–Crippen MR) is 77.9 cm³/mol. The van der Waals surface area contributed by atoms with E-state index in [0.29, 0.717) is 5.75 Å². The molecule has 1 unspecified atom stereocenters. The lowest BCUT2D eigenvalue weighted by molar-refractivity contribution is 0.464. The van der Waals surface area contributed by atoms with Crippen molar-refractivity contribution in [2.24, 2.45) is 5.73 Å². The maximum Gasteiger partial charge on any atom is 0.148 e. The van der Waals surface area contributed by atoms with Gasteiger partial charge >= 0.3 is 0 Å². The molecule has 20 heavy (non-hydrogen) atoms. The van der Waals surface area contributed by atoms with Crippen molar-refractivity contribution in [3.63, 3.8) is 0 Å². The number of nitriles is 1. The van der Waals surface area contributed by atoms with E-state index in [-0.39, 0.29) is 17.4 Å². The number of benzene rings is 2. The maximum atomic E-state index is 13.6. The van der Waals surface area contributed by atoms with Crippen LogP contribution in [0.3, 0.4) is 0 Å². The van der Waals surface area contributed by atoms with E-state index in [1.54, 1.807) is 18.2 Å². The van der Waals surface area contributed by atoms with Gasteiger partial charge in [0.2, 0.25) is 0 Å². The zero-order valence-corrected chi connectivity index (χ0v) is 12.3. The first kappa shape index (κ1) is 14.5. The van der Waals surface area contributed by atoms with Crippen molar-refractivity contribution >= 4 is 15.9 Å². The molecule has 102 valence electrons. The molecule has 0 saturated carbocycles. The molecule has 0 aliphatic carbocycles. The number of hydrogen-bond acceptors (Lipinski definition) is 3. The Hall–Kier alpha value is -1.90. The number of nitrogens with two attached hydrogens (primary N) is 1. The number of halogens is 2. The van der Waals surface area contributed by atoms with Crippen LogP contribution >= 0.6 is 15.9 Å². The van der Waals surface area contributed by atoms with Gasteiger partial charge in [-0.1, -0.05) is 28.1 Å². The highest BCUT2D eigenvalue weighted by molar-refractivity contribution is 9.10. The van der Waals surface area contributed by atoms with Crippen molar-refractivity contribution in [2.45, 2.75) is 13.0 Å². The molecule has 1 atom stereocenters. The number of nitrogens with zero attached hydrogens (tertiary/aromatic N) is 1. The maximum absolute atomic E-state index is 13.6. The highest BCUT2D eigenvalue weighted by Crippen LogP contribution is 2.33. The third-order valence-electron chi connectivity index (χ3n) is 2.77. The van der Waals surface area contributed by atoms with E-state index in [2.05, 4.69) is 15.9 Å². The Morgan fingerprint density at radius 2 is 2.05 bits per heavy atom. The van der Waals surface area contributed by atoms with Gasteiger partial charge in [0, 0.05) is 16.1 Å². The van der Waals surface area contributed by atoms with E-state index in [4.69, 9.17) is 15.7 Å². The van der Waals surface area contributed by atoms with Gasteiger partial charge in [0.25, 0.3) is 0 Å². The van der Waals surface area contributed by atoms with Crippen LogP contribution in [0.5, 0.6) is 11.5 Å². The van der Waals surface area contributed by atoms with Gasteiger partial charge < -0.3 is 10.5 Å². The van der Waals surface area contributed by atoms with Crippen LogP contribution in [0.25, 0.3) is 0 Å². The molecule has 2 N–H and O–H groups in total. The van der Waals surface area contributed by atoms with E-state index in [9.17, 15) is 4.39 Å². The van der Waals surface area contributed by atoms with Crippen LogP contribution in [0, 0.1) is 17.1 Å². The van der Waals surface area contributed by atoms with Gasteiger partial charge in [-0.3, -0.25) is 0 Å². The second kappa shape index (κ2) is 6.04. The molecule has 2 rings (SSSR count). The first-order valence-corrected chi connectivity index (χ1v) is 6.73. The standard InChI is InChI=1S/C15H12BrFN2O/c1-9(19)11-6-5-10(16)7-15(11)20-14-4-2-3-13(17)12(14)8-18/h2-7,9H,19H2,1H3. The van der Waals surface area contributed by atoms with Gasteiger partial charge in [0.05, 0.1) is 0 Å². The second-order valence-electron chi connectivity index (χ2n) is 4.30. The molecule has 0 saturated heterocycles. The van der Waals surface area contributed by atoms with E-state index in [1.807, 2.05) is 19.1 Å². The summed E-state index contributed by atoms with van der Waals surface area (Å²) in [7, 11) is 0. The highest BCUT2D eigenvalue weighted by Gasteiger charge is 2.14. The van der Waals surface area contributed by atoms with Gasteiger partial charge in [-0.15, -0.1) is 0 Å². The minimum atomic E-state index is -0.609. The Balaban J connectivity index is 2.48. The van der Waals surface area contributed by atoms with E-state index in [1.165, 1.54) is 12.1 Å². The SMILES string of the molecule is CC(N)c1ccc(Br)cc1Oc1cccc(F)c1C#N. The summed E-state index contributed by atoms with van der Waals surface area (Å²) >= 11 is 3.35. The summed E-state index contributed by atoms with van der Waals surface area (Å²) in [5.74, 6) is 0.0614. The van der Waals surface area contributed by atoms with Crippen LogP contribution in [0.4, 0.5) is 4.39 Å². The predicted octanol–water partition coefficient (Wildman–Crippen LogP) is 4.27. The number of hydrogen-bond donors (Lipinski definition) is 1. The summed E-state index contributed by atoms with van der Waals surface area (Å²) in [5, 5.41) is 9.01. The fourth-order valence-electron chi connectivity index (χ4n) is 1.79. The molecule has 2 aromatic carbocycles. The average Bonchev–Trinajstić information content (AvgIpc) is 2.38. The lowest BCUT2D eigenvalue weighted by Gasteiger charge is -2.15. The topological polar surface area (TPSA) is 59.0 Å². The van der Waals surface area contributed by atoms with Gasteiger partial charge in [-0.05, 0) is 31.2 Å². The van der Waals surface area contributed by atoms with Crippen LogP contribution < -0.4 is 10.5 Å². The first-order valence-electron chi connectivity index (χ1n) is 5.94. The van der Waals surface area contributed by atoms with Crippen molar-refractivity contribution in [3.8, 4) is 17.6 Å². The second-order valence-corrected chi connectivity index (χ2v) is 5.21. The Morgan fingerprint density at radius 3 is 2.70 bits per heavy atom. The third-order valence-corrected chi connectivity index (χ3v) is 3.27. The molecule has 0 amide bonds. The minimum absolute atomic E-state index is 0.122. The van der Waals surface area contributed by atoms with Crippen LogP contribution in [0.15, 0.2) is 40.9 Å². The molecule has 0 aliphatic rings. The Labute approximate surface area is 124 Å². The van der Waals surface area contributed by atoms with Crippen molar-refractivity contribution in [1.29, 1.82) is 5.26 Å². The summed E-state index contributed by atoms with van der Waals surface area (Å²) in [5.41, 5.74) is 6.54. The molecular formula is C15H12BrFN2O. The zero-order valence-electron chi connectivity index (χ0n) is 10.7. The van der Waals surface area contributed by atoms with Crippen LogP contribution in [0.2, 0.25) is 0 Å². The lowest BCUT2D eigenvalue weighted by atomic mass is 10.1. The molecule has 3 nitrogen and oxygen atoms in total. The van der Waals surface area contributed by atoms with Gasteiger partial charge in [-0.25, -0.2) is 4.39 Å². The van der Waals surface area contributed by atoms with Crippen LogP contribution in [0.1, 0.15) is 24.1 Å². The van der Waals surface area contributed by atoms with Crippen molar-refractivity contribution in [3.05, 3.63) is 57.8 Å². The van der Waals surface area contributed by atoms with Crippen molar-refractivity contribution in [2.75, 3.05) is 0 Å². The van der Waals surface area contributed by atoms with Crippen LogP contribution in [-0.4, -0.2) is 0 Å². The fourth-order valence-corrected chi connectivity index (χ4v) is 2.13. The first-order chi connectivity index (χ1) is 9.52. The van der Waals surface area contributed by atoms with E-state index < -0.39 is 5.82 Å². The molecule has 0 radical (unpaired) electrons. The summed E-state index contributed by atoms with van der Waals surface area (Å²) < 4.78 is 20.0. The Bertz CT molecular complexity index is 680. The molecule has 0 bridgehead atoms. The van der Waals surface area contributed by atoms with Crippen molar-refractivity contribution < 1.29 is 9.13 Å².